The molecule has 0 aliphatic heterocycles. The van der Waals surface area contributed by atoms with E-state index in [1.807, 2.05) is 41.5 Å². The van der Waals surface area contributed by atoms with Crippen LogP contribution >= 0.6 is 32.1 Å². The van der Waals surface area contributed by atoms with Gasteiger partial charge in [0, 0.05) is 37.5 Å². The van der Waals surface area contributed by atoms with Crippen molar-refractivity contribution in [2.75, 3.05) is 33.0 Å². The van der Waals surface area contributed by atoms with Gasteiger partial charge in [0.2, 0.25) is 5.91 Å². The van der Waals surface area contributed by atoms with Gasteiger partial charge in [-0.1, -0.05) is 80.2 Å². The van der Waals surface area contributed by atoms with Gasteiger partial charge in [0.05, 0.1) is 40.6 Å². The third-order valence-electron chi connectivity index (χ3n) is 7.01. The smallest absolute Gasteiger partial charge is 0.311 e. The lowest BCUT2D eigenvalue weighted by molar-refractivity contribution is -0.155. The Hall–Kier alpha value is -1.34. The van der Waals surface area contributed by atoms with Crippen molar-refractivity contribution in [3.05, 3.63) is 47.4 Å². The summed E-state index contributed by atoms with van der Waals surface area (Å²) in [4.78, 5) is 23.2. The molecular weight excluding hydrogens is 682 g/mol. The molecule has 0 radical (unpaired) electrons. The van der Waals surface area contributed by atoms with Crippen molar-refractivity contribution < 1.29 is 19.1 Å². The summed E-state index contributed by atoms with van der Waals surface area (Å²) in [5.41, 5.74) is 3.88. The minimum atomic E-state index is -0.399. The molecule has 1 fully saturated rings. The predicted octanol–water partition coefficient (Wildman–Crippen LogP) is 9.82. The second kappa shape index (κ2) is 23.9. The largest absolute Gasteiger partial charge is 0.494 e. The molecule has 2 rings (SSSR count). The standard InChI is InChI=1S/C18H33INO2P.C14H21NO2.2C2H6/c1-13(2)11-22-17(21)18(4,5)9-6-10-20(19)14(3)16(12-23)15-7-8-15;1-11(5-6-13(16)15-4)17-10-12-7-8-14(2,3)9-12;2*1-2/h13,15H,6-12,23H2,1-5H3;7-9H,1,5-6,10H2,2-4H3,(H,15,16);2*1-2H3/b16-14-;;;. The van der Waals surface area contributed by atoms with Gasteiger partial charge in [-0.15, -0.1) is 9.24 Å². The second-order valence-corrected chi connectivity index (χ2v) is 14.1. The van der Waals surface area contributed by atoms with E-state index < -0.39 is 5.41 Å². The molecule has 256 valence electrons. The van der Waals surface area contributed by atoms with E-state index in [4.69, 9.17) is 9.47 Å². The minimum Gasteiger partial charge on any atom is -0.494 e. The van der Waals surface area contributed by atoms with Crippen molar-refractivity contribution in [3.63, 3.8) is 0 Å². The average Bonchev–Trinajstić information content (AvgIpc) is 3.77. The fourth-order valence-corrected chi connectivity index (χ4v) is 5.47. The normalized spacial score (nSPS) is 15.2. The lowest BCUT2D eigenvalue weighted by Crippen LogP contribution is -2.28. The van der Waals surface area contributed by atoms with Crippen molar-refractivity contribution in [1.29, 1.82) is 0 Å². The van der Waals surface area contributed by atoms with Crippen molar-refractivity contribution in [2.24, 2.45) is 22.7 Å². The average molecular weight is 749 g/mol. The number of carbonyl (C=O) groups is 2. The molecule has 1 atom stereocenters. The fraction of sp³-hybridized carbons (Fsp3) is 0.722. The summed E-state index contributed by atoms with van der Waals surface area (Å²) in [5, 5.41) is 2.57. The van der Waals surface area contributed by atoms with Crippen LogP contribution in [0.3, 0.4) is 0 Å². The van der Waals surface area contributed by atoms with Crippen molar-refractivity contribution in [1.82, 2.24) is 8.43 Å². The van der Waals surface area contributed by atoms with E-state index in [1.54, 1.807) is 12.6 Å². The van der Waals surface area contributed by atoms with Crippen LogP contribution in [0, 0.1) is 22.7 Å². The van der Waals surface area contributed by atoms with Crippen molar-refractivity contribution in [3.8, 4) is 0 Å². The Bertz CT molecular complexity index is 950. The van der Waals surface area contributed by atoms with E-state index in [0.29, 0.717) is 37.7 Å². The van der Waals surface area contributed by atoms with Gasteiger partial charge < -0.3 is 17.9 Å². The molecule has 44 heavy (non-hydrogen) atoms. The highest BCUT2D eigenvalue weighted by Crippen LogP contribution is 2.40. The summed E-state index contributed by atoms with van der Waals surface area (Å²) in [7, 11) is 4.49. The van der Waals surface area contributed by atoms with Crippen LogP contribution in [0.1, 0.15) is 115 Å². The number of carbonyl (C=O) groups excluding carboxylic acids is 2. The van der Waals surface area contributed by atoms with Crippen molar-refractivity contribution >= 4 is 44.0 Å². The van der Waals surface area contributed by atoms with E-state index >= 15 is 0 Å². The zero-order chi connectivity index (χ0) is 34.5. The summed E-state index contributed by atoms with van der Waals surface area (Å²) >= 11 is 2.41. The molecule has 6 nitrogen and oxygen atoms in total. The Morgan fingerprint density at radius 2 is 1.75 bits per heavy atom. The monoisotopic (exact) mass is 748 g/mol. The first-order valence-electron chi connectivity index (χ1n) is 16.5. The summed E-state index contributed by atoms with van der Waals surface area (Å²) in [6.45, 7) is 28.5. The molecule has 1 unspecified atom stereocenters. The van der Waals surface area contributed by atoms with Gasteiger partial charge >= 0.3 is 5.97 Å². The number of nitrogens with one attached hydrogen (secondary N) is 1. The first-order valence-corrected chi connectivity index (χ1v) is 18.3. The van der Waals surface area contributed by atoms with Gasteiger partial charge in [0.25, 0.3) is 0 Å². The summed E-state index contributed by atoms with van der Waals surface area (Å²) in [5.74, 6) is 1.80. The highest BCUT2D eigenvalue weighted by Gasteiger charge is 2.30. The lowest BCUT2D eigenvalue weighted by atomic mass is 9.88. The highest BCUT2D eigenvalue weighted by molar-refractivity contribution is 14.1. The number of hydrogen-bond acceptors (Lipinski definition) is 5. The predicted molar refractivity (Wildman–Crippen MR) is 202 cm³/mol. The number of halogens is 1. The molecule has 0 aromatic heterocycles. The number of allylic oxidation sites excluding steroid dienone is 5. The molecule has 0 bridgehead atoms. The van der Waals surface area contributed by atoms with Gasteiger partial charge in [-0.05, 0) is 75.6 Å². The SMILES string of the molecule is C/C(=C(\CP)C1CC1)N(I)CCCC(C)(C)C(=O)OCC(C)C.C=C(CCC(=O)NC)OCC1=CC(C)(C)C=C1.CC.CC. The topological polar surface area (TPSA) is 67.9 Å². The molecule has 2 aliphatic carbocycles. The quantitative estimate of drug-likeness (QED) is 0.0560. The summed E-state index contributed by atoms with van der Waals surface area (Å²) in [6.07, 6.45) is 13.0. The lowest BCUT2D eigenvalue weighted by Gasteiger charge is -2.25. The molecule has 1 saturated carbocycles. The number of esters is 1. The van der Waals surface area contributed by atoms with E-state index in [2.05, 4.69) is 100.0 Å². The van der Waals surface area contributed by atoms with E-state index in [-0.39, 0.29) is 17.3 Å². The number of amides is 1. The Morgan fingerprint density at radius 3 is 2.20 bits per heavy atom. The molecule has 0 heterocycles. The molecule has 0 spiro atoms. The molecule has 0 aromatic carbocycles. The third-order valence-corrected chi connectivity index (χ3v) is 8.66. The van der Waals surface area contributed by atoms with Crippen LogP contribution in [0.25, 0.3) is 0 Å². The molecule has 2 aliphatic rings. The zero-order valence-corrected chi connectivity index (χ0v) is 33.5. The van der Waals surface area contributed by atoms with Gasteiger partial charge in [0.1, 0.15) is 6.61 Å². The third kappa shape index (κ3) is 19.9. The fourth-order valence-electron chi connectivity index (χ4n) is 4.19. The first-order chi connectivity index (χ1) is 20.6. The Morgan fingerprint density at radius 1 is 1.16 bits per heavy atom. The van der Waals surface area contributed by atoms with Crippen LogP contribution in [0.4, 0.5) is 0 Å². The van der Waals surface area contributed by atoms with Gasteiger partial charge in [0.15, 0.2) is 0 Å². The maximum absolute atomic E-state index is 12.2. The molecule has 1 N–H and O–H groups in total. The van der Waals surface area contributed by atoms with E-state index in [1.165, 1.54) is 18.5 Å². The first kappa shape index (κ1) is 44.8. The number of rotatable bonds is 16. The van der Waals surface area contributed by atoms with Crippen molar-refractivity contribution in [2.45, 2.75) is 115 Å². The van der Waals surface area contributed by atoms with E-state index in [0.717, 1.165) is 37.0 Å². The summed E-state index contributed by atoms with van der Waals surface area (Å²) in [6, 6.07) is 0. The number of ether oxygens (including phenoxy) is 2. The molecule has 0 saturated heterocycles. The molecule has 0 aromatic rings. The van der Waals surface area contributed by atoms with Crippen LogP contribution in [-0.2, 0) is 19.1 Å². The van der Waals surface area contributed by atoms with Crippen LogP contribution in [0.5, 0.6) is 0 Å². The van der Waals surface area contributed by atoms with Crippen LogP contribution < -0.4 is 5.32 Å². The maximum Gasteiger partial charge on any atom is 0.311 e. The van der Waals surface area contributed by atoms with Gasteiger partial charge in [-0.3, -0.25) is 9.59 Å². The molecular formula is C36H66IN2O4P. The Balaban J connectivity index is 0. The number of hydrogen-bond donors (Lipinski definition) is 1. The minimum absolute atomic E-state index is 0.0101. The maximum atomic E-state index is 12.2. The second-order valence-electron chi connectivity index (χ2n) is 12.5. The van der Waals surface area contributed by atoms with Gasteiger partial charge in [-0.2, -0.15) is 0 Å². The van der Waals surface area contributed by atoms with Crippen LogP contribution in [-0.4, -0.2) is 48.0 Å². The molecule has 1 amide bonds. The molecule has 8 heteroatoms. The summed E-state index contributed by atoms with van der Waals surface area (Å²) < 4.78 is 13.2. The zero-order valence-electron chi connectivity index (χ0n) is 30.2. The van der Waals surface area contributed by atoms with Crippen LogP contribution in [0.15, 0.2) is 47.4 Å². The Labute approximate surface area is 288 Å². The van der Waals surface area contributed by atoms with Gasteiger partial charge in [-0.25, -0.2) is 0 Å². The highest BCUT2D eigenvalue weighted by atomic mass is 127. The van der Waals surface area contributed by atoms with Crippen LogP contribution in [0.2, 0.25) is 0 Å². The van der Waals surface area contributed by atoms with E-state index in [9.17, 15) is 9.59 Å². The Kier molecular flexibility index (Phi) is 24.3. The number of nitrogens with zero attached hydrogens (tertiary/aromatic N) is 1.